The lowest BCUT2D eigenvalue weighted by Gasteiger charge is -2.25. The lowest BCUT2D eigenvalue weighted by Crippen LogP contribution is -3.14. The molecule has 0 saturated carbocycles. The summed E-state index contributed by atoms with van der Waals surface area (Å²) in [5, 5.41) is 9.75. The zero-order valence-corrected chi connectivity index (χ0v) is 10.0. The van der Waals surface area contributed by atoms with Crippen molar-refractivity contribution in [2.24, 2.45) is 0 Å². The highest BCUT2D eigenvalue weighted by Gasteiger charge is 2.17. The number of piperidine rings is 1. The van der Waals surface area contributed by atoms with Gasteiger partial charge in [0.2, 0.25) is 0 Å². The van der Waals surface area contributed by atoms with E-state index in [0.717, 1.165) is 26.0 Å². The van der Waals surface area contributed by atoms with E-state index in [0.29, 0.717) is 6.61 Å². The summed E-state index contributed by atoms with van der Waals surface area (Å²) < 4.78 is 5.41. The lowest BCUT2D eigenvalue weighted by molar-refractivity contribution is -0.908. The van der Waals surface area contributed by atoms with Crippen LogP contribution in [0.2, 0.25) is 0 Å². The van der Waals surface area contributed by atoms with Crippen LogP contribution in [0, 0.1) is 0 Å². The molecule has 0 aromatic rings. The summed E-state index contributed by atoms with van der Waals surface area (Å²) in [6, 6.07) is 0. The van der Waals surface area contributed by atoms with Gasteiger partial charge in [0.25, 0.3) is 0 Å². The van der Waals surface area contributed by atoms with E-state index in [1.165, 1.54) is 32.4 Å². The second-order valence-corrected chi connectivity index (χ2v) is 4.60. The number of likely N-dealkylation sites (tertiary alicyclic amines) is 1. The molecule has 0 spiro atoms. The van der Waals surface area contributed by atoms with E-state index < -0.39 is 0 Å². The lowest BCUT2D eigenvalue weighted by atomic mass is 10.1. The highest BCUT2D eigenvalue weighted by Crippen LogP contribution is 1.95. The molecule has 0 unspecified atom stereocenters. The van der Waals surface area contributed by atoms with Crippen LogP contribution in [0.1, 0.15) is 39.0 Å². The van der Waals surface area contributed by atoms with Crippen molar-refractivity contribution < 1.29 is 14.7 Å². The van der Waals surface area contributed by atoms with E-state index in [4.69, 9.17) is 4.74 Å². The third-order valence-electron chi connectivity index (χ3n) is 3.04. The molecular weight excluding hydrogens is 190 g/mol. The Morgan fingerprint density at radius 1 is 1.27 bits per heavy atom. The maximum absolute atomic E-state index is 9.75. The zero-order valence-electron chi connectivity index (χ0n) is 10.0. The zero-order chi connectivity index (χ0) is 10.9. The van der Waals surface area contributed by atoms with Gasteiger partial charge in [0.1, 0.15) is 12.6 Å². The van der Waals surface area contributed by atoms with Crippen LogP contribution in [-0.4, -0.2) is 44.1 Å². The second kappa shape index (κ2) is 8.08. The molecule has 1 heterocycles. The van der Waals surface area contributed by atoms with Crippen LogP contribution in [0.4, 0.5) is 0 Å². The number of ether oxygens (including phenoxy) is 1. The van der Waals surface area contributed by atoms with Crippen LogP contribution in [0.15, 0.2) is 0 Å². The Kier molecular flexibility index (Phi) is 6.98. The third-order valence-corrected chi connectivity index (χ3v) is 3.04. The van der Waals surface area contributed by atoms with E-state index in [1.807, 2.05) is 0 Å². The Bertz CT molecular complexity index is 147. The number of aliphatic hydroxyl groups is 1. The van der Waals surface area contributed by atoms with Gasteiger partial charge in [0.15, 0.2) is 0 Å². The van der Waals surface area contributed by atoms with Crippen LogP contribution < -0.4 is 4.90 Å². The van der Waals surface area contributed by atoms with Gasteiger partial charge in [-0.15, -0.1) is 0 Å². The van der Waals surface area contributed by atoms with Gasteiger partial charge in [0, 0.05) is 6.61 Å². The molecule has 0 radical (unpaired) electrons. The molecule has 1 saturated heterocycles. The van der Waals surface area contributed by atoms with Crippen molar-refractivity contribution in [1.82, 2.24) is 0 Å². The minimum Gasteiger partial charge on any atom is -0.385 e. The van der Waals surface area contributed by atoms with Crippen LogP contribution in [-0.2, 0) is 4.74 Å². The predicted octanol–water partition coefficient (Wildman–Crippen LogP) is 0.233. The summed E-state index contributed by atoms with van der Waals surface area (Å²) in [5.41, 5.74) is 0. The van der Waals surface area contributed by atoms with Gasteiger partial charge in [0.05, 0.1) is 19.7 Å². The molecular formula is C12H26NO2+. The van der Waals surface area contributed by atoms with E-state index in [-0.39, 0.29) is 6.10 Å². The van der Waals surface area contributed by atoms with Gasteiger partial charge in [-0.25, -0.2) is 0 Å². The van der Waals surface area contributed by atoms with Gasteiger partial charge in [-0.2, -0.15) is 0 Å². The Labute approximate surface area is 93.4 Å². The summed E-state index contributed by atoms with van der Waals surface area (Å²) in [6.45, 7) is 6.79. The van der Waals surface area contributed by atoms with Crippen molar-refractivity contribution >= 4 is 0 Å². The van der Waals surface area contributed by atoms with Crippen molar-refractivity contribution in [3.63, 3.8) is 0 Å². The molecule has 15 heavy (non-hydrogen) atoms. The standard InChI is InChI=1S/C12H25NO2/c1-2-3-9-15-11-12(14)10-13-7-5-4-6-8-13/h12,14H,2-11H2,1H3/p+1/t12-/m1/s1. The largest absolute Gasteiger partial charge is 0.385 e. The third kappa shape index (κ3) is 6.13. The fraction of sp³-hybridized carbons (Fsp3) is 1.00. The van der Waals surface area contributed by atoms with E-state index in [1.54, 1.807) is 4.90 Å². The highest BCUT2D eigenvalue weighted by atomic mass is 16.5. The first-order chi connectivity index (χ1) is 7.33. The van der Waals surface area contributed by atoms with Crippen molar-refractivity contribution in [3.8, 4) is 0 Å². The summed E-state index contributed by atoms with van der Waals surface area (Å²) in [5.74, 6) is 0. The molecule has 0 bridgehead atoms. The highest BCUT2D eigenvalue weighted by molar-refractivity contribution is 4.53. The maximum atomic E-state index is 9.75. The molecule has 0 aliphatic carbocycles. The predicted molar refractivity (Wildman–Crippen MR) is 61.1 cm³/mol. The minimum absolute atomic E-state index is 0.269. The Balaban J connectivity index is 1.98. The summed E-state index contributed by atoms with van der Waals surface area (Å²) in [6.07, 6.45) is 6.00. The summed E-state index contributed by atoms with van der Waals surface area (Å²) in [7, 11) is 0. The first-order valence-corrected chi connectivity index (χ1v) is 6.42. The smallest absolute Gasteiger partial charge is 0.126 e. The van der Waals surface area contributed by atoms with Crippen LogP contribution in [0.3, 0.4) is 0 Å². The van der Waals surface area contributed by atoms with Crippen LogP contribution >= 0.6 is 0 Å². The molecule has 1 fully saturated rings. The first-order valence-electron chi connectivity index (χ1n) is 6.42. The number of nitrogens with one attached hydrogen (secondary N) is 1. The molecule has 1 atom stereocenters. The average molecular weight is 216 g/mol. The van der Waals surface area contributed by atoms with Crippen molar-refractivity contribution in [2.45, 2.75) is 45.1 Å². The molecule has 0 aromatic heterocycles. The number of unbranched alkanes of at least 4 members (excludes halogenated alkanes) is 1. The topological polar surface area (TPSA) is 33.9 Å². The van der Waals surface area contributed by atoms with Crippen LogP contribution in [0.25, 0.3) is 0 Å². The Morgan fingerprint density at radius 3 is 2.67 bits per heavy atom. The van der Waals surface area contributed by atoms with Crippen LogP contribution in [0.5, 0.6) is 0 Å². The molecule has 0 aromatic carbocycles. The van der Waals surface area contributed by atoms with E-state index >= 15 is 0 Å². The number of aliphatic hydroxyl groups excluding tert-OH is 1. The maximum Gasteiger partial charge on any atom is 0.126 e. The SMILES string of the molecule is CCCCOC[C@H](O)C[NH+]1CCCCC1. The average Bonchev–Trinajstić information content (AvgIpc) is 2.26. The molecule has 0 amide bonds. The fourth-order valence-electron chi connectivity index (χ4n) is 2.11. The minimum atomic E-state index is -0.269. The molecule has 90 valence electrons. The van der Waals surface area contributed by atoms with Gasteiger partial charge in [-0.05, 0) is 25.7 Å². The van der Waals surface area contributed by atoms with E-state index in [9.17, 15) is 5.11 Å². The number of hydrogen-bond acceptors (Lipinski definition) is 2. The van der Waals surface area contributed by atoms with Crippen molar-refractivity contribution in [2.75, 3.05) is 32.8 Å². The van der Waals surface area contributed by atoms with Gasteiger partial charge in [-0.1, -0.05) is 13.3 Å². The first kappa shape index (κ1) is 12.9. The van der Waals surface area contributed by atoms with Gasteiger partial charge in [-0.3, -0.25) is 0 Å². The quantitative estimate of drug-likeness (QED) is 0.598. The molecule has 3 heteroatoms. The molecule has 2 N–H and O–H groups in total. The van der Waals surface area contributed by atoms with Crippen molar-refractivity contribution in [3.05, 3.63) is 0 Å². The fourth-order valence-corrected chi connectivity index (χ4v) is 2.11. The van der Waals surface area contributed by atoms with Gasteiger partial charge >= 0.3 is 0 Å². The Morgan fingerprint density at radius 2 is 2.00 bits per heavy atom. The van der Waals surface area contributed by atoms with E-state index in [2.05, 4.69) is 6.92 Å². The van der Waals surface area contributed by atoms with Crippen molar-refractivity contribution in [1.29, 1.82) is 0 Å². The van der Waals surface area contributed by atoms with Gasteiger partial charge < -0.3 is 14.7 Å². The normalized spacial score (nSPS) is 20.4. The second-order valence-electron chi connectivity index (χ2n) is 4.60. The number of quaternary nitrogens is 1. The number of hydrogen-bond donors (Lipinski definition) is 2. The molecule has 1 aliphatic heterocycles. The summed E-state index contributed by atoms with van der Waals surface area (Å²) >= 11 is 0. The molecule has 1 rings (SSSR count). The monoisotopic (exact) mass is 216 g/mol. The molecule has 1 aliphatic rings. The Hall–Kier alpha value is -0.120. The number of rotatable bonds is 7. The molecule has 3 nitrogen and oxygen atoms in total. The summed E-state index contributed by atoms with van der Waals surface area (Å²) in [4.78, 5) is 1.55.